The average Bonchev–Trinajstić information content (AvgIpc) is 2.56. The minimum absolute atomic E-state index is 0.297. The molecule has 1 saturated carbocycles. The van der Waals surface area contributed by atoms with E-state index in [-0.39, 0.29) is 5.97 Å². The lowest BCUT2D eigenvalue weighted by molar-refractivity contribution is -0.137. The summed E-state index contributed by atoms with van der Waals surface area (Å²) < 4.78 is 4.90. The maximum absolute atomic E-state index is 11.5. The summed E-state index contributed by atoms with van der Waals surface area (Å²) in [6.07, 6.45) is 7.19. The minimum atomic E-state index is -0.364. The molecule has 0 atom stereocenters. The van der Waals surface area contributed by atoms with Crippen molar-refractivity contribution in [3.63, 3.8) is 0 Å². The molecule has 0 spiro atoms. The first-order valence-corrected chi connectivity index (χ1v) is 8.00. The molecule has 0 amide bonds. The Kier molecular flexibility index (Phi) is 6.19. The number of carbonyl (C=O) groups excluding carboxylic acids is 1. The molecule has 0 heterocycles. The molecule has 1 aromatic carbocycles. The minimum Gasteiger partial charge on any atom is -0.463 e. The zero-order valence-corrected chi connectivity index (χ0v) is 13.4. The van der Waals surface area contributed by atoms with Crippen molar-refractivity contribution >= 4 is 23.4 Å². The van der Waals surface area contributed by atoms with Crippen molar-refractivity contribution < 1.29 is 9.53 Å². The van der Waals surface area contributed by atoms with Crippen LogP contribution in [0.4, 0.5) is 11.4 Å². The van der Waals surface area contributed by atoms with Crippen molar-refractivity contribution in [2.45, 2.75) is 44.7 Å². The Morgan fingerprint density at radius 1 is 1.43 bits per heavy atom. The van der Waals surface area contributed by atoms with Gasteiger partial charge in [0.05, 0.1) is 13.2 Å². The molecule has 1 aliphatic carbocycles. The molecule has 5 heteroatoms. The van der Waals surface area contributed by atoms with Crippen LogP contribution >= 0.6 is 0 Å². The molecule has 0 radical (unpaired) electrons. The summed E-state index contributed by atoms with van der Waals surface area (Å²) in [7, 11) is 0. The maximum Gasteiger partial charge on any atom is 0.330 e. The van der Waals surface area contributed by atoms with Crippen molar-refractivity contribution in [1.29, 1.82) is 0 Å². The highest BCUT2D eigenvalue weighted by Crippen LogP contribution is 2.28. The third-order valence-corrected chi connectivity index (χ3v) is 3.98. The van der Waals surface area contributed by atoms with Gasteiger partial charge >= 0.3 is 5.97 Å². The molecule has 1 aromatic rings. The van der Waals surface area contributed by atoms with E-state index in [0.29, 0.717) is 24.4 Å². The summed E-state index contributed by atoms with van der Waals surface area (Å²) in [6.45, 7) is 9.30. The Morgan fingerprint density at radius 3 is 2.83 bits per heavy atom. The molecule has 0 saturated heterocycles. The molecule has 0 aromatic heterocycles. The quantitative estimate of drug-likeness (QED) is 0.496. The van der Waals surface area contributed by atoms with Crippen LogP contribution in [0.15, 0.2) is 24.3 Å². The third kappa shape index (κ3) is 5.11. The van der Waals surface area contributed by atoms with E-state index in [2.05, 4.69) is 10.2 Å². The second-order valence-electron chi connectivity index (χ2n) is 5.72. The highest BCUT2D eigenvalue weighted by atomic mass is 16.5. The van der Waals surface area contributed by atoms with Crippen molar-refractivity contribution in [2.75, 3.05) is 11.9 Å². The van der Waals surface area contributed by atoms with Gasteiger partial charge in [-0.25, -0.2) is 9.64 Å². The lowest BCUT2D eigenvalue weighted by Gasteiger charge is -2.28. The predicted molar refractivity (Wildman–Crippen MR) is 92.2 cm³/mol. The van der Waals surface area contributed by atoms with Crippen molar-refractivity contribution in [3.8, 4) is 0 Å². The predicted octanol–water partition coefficient (Wildman–Crippen LogP) is 3.50. The first kappa shape index (κ1) is 17.0. The second kappa shape index (κ2) is 8.35. The van der Waals surface area contributed by atoms with Crippen LogP contribution in [0.2, 0.25) is 0 Å². The summed E-state index contributed by atoms with van der Waals surface area (Å²) in [5.41, 5.74) is 8.27. The van der Waals surface area contributed by atoms with Crippen LogP contribution in [0.3, 0.4) is 0 Å². The third-order valence-electron chi connectivity index (χ3n) is 3.98. The number of nitrogens with two attached hydrogens (primary N) is 1. The van der Waals surface area contributed by atoms with Crippen molar-refractivity contribution in [1.82, 2.24) is 0 Å². The van der Waals surface area contributed by atoms with Crippen LogP contribution in [0.25, 0.3) is 10.9 Å². The fourth-order valence-corrected chi connectivity index (χ4v) is 2.72. The number of anilines is 1. The largest absolute Gasteiger partial charge is 0.463 e. The fourth-order valence-electron chi connectivity index (χ4n) is 2.72. The fraction of sp³-hybridized carbons (Fsp3) is 0.444. The van der Waals surface area contributed by atoms with Gasteiger partial charge in [0.15, 0.2) is 5.69 Å². The molecule has 1 fully saturated rings. The molecule has 3 N–H and O–H groups in total. The van der Waals surface area contributed by atoms with E-state index >= 15 is 0 Å². The van der Waals surface area contributed by atoms with Crippen LogP contribution in [0.5, 0.6) is 0 Å². The first-order valence-electron chi connectivity index (χ1n) is 8.00. The zero-order chi connectivity index (χ0) is 16.7. The highest BCUT2D eigenvalue weighted by molar-refractivity contribution is 5.88. The number of nitrogens with zero attached hydrogens (tertiary/aromatic N) is 1. The molecular weight excluding hydrogens is 290 g/mol. The van der Waals surface area contributed by atoms with Gasteiger partial charge in [-0.15, -0.1) is 0 Å². The lowest BCUT2D eigenvalue weighted by atomic mass is 9.91. The van der Waals surface area contributed by atoms with Gasteiger partial charge in [0.2, 0.25) is 0 Å². The molecule has 2 rings (SSSR count). The van der Waals surface area contributed by atoms with E-state index in [4.69, 9.17) is 17.0 Å². The Hall–Kier alpha value is -2.32. The number of hydrogen-bond donors (Lipinski definition) is 2. The molecular formula is C18H23N3O2. The van der Waals surface area contributed by atoms with E-state index in [9.17, 15) is 4.79 Å². The van der Waals surface area contributed by atoms with E-state index in [0.717, 1.165) is 36.9 Å². The van der Waals surface area contributed by atoms with Gasteiger partial charge in [-0.05, 0) is 50.3 Å². The van der Waals surface area contributed by atoms with Crippen LogP contribution in [0.1, 0.15) is 38.2 Å². The SMILES string of the molecule is [C-]#[N+]c1ccc(/C=C/C(=O)OCC)c(NC2CCC(N)CC2)c1. The number of hydrogen-bond acceptors (Lipinski definition) is 4. The van der Waals surface area contributed by atoms with Crippen LogP contribution in [-0.4, -0.2) is 24.7 Å². The van der Waals surface area contributed by atoms with E-state index in [1.54, 1.807) is 19.1 Å². The van der Waals surface area contributed by atoms with Crippen LogP contribution in [-0.2, 0) is 9.53 Å². The maximum atomic E-state index is 11.5. The van der Waals surface area contributed by atoms with Crippen molar-refractivity contribution in [3.05, 3.63) is 41.3 Å². The van der Waals surface area contributed by atoms with Gasteiger partial charge in [-0.2, -0.15) is 0 Å². The van der Waals surface area contributed by atoms with Gasteiger partial charge in [-0.1, -0.05) is 12.1 Å². The first-order chi connectivity index (χ1) is 11.1. The lowest BCUT2D eigenvalue weighted by Crippen LogP contribution is -2.32. The summed E-state index contributed by atoms with van der Waals surface area (Å²) >= 11 is 0. The van der Waals surface area contributed by atoms with E-state index in [1.165, 1.54) is 6.08 Å². The average molecular weight is 313 g/mol. The van der Waals surface area contributed by atoms with Gasteiger partial charge in [0.1, 0.15) is 0 Å². The summed E-state index contributed by atoms with van der Waals surface area (Å²) in [6, 6.07) is 6.07. The molecule has 1 aliphatic rings. The molecule has 23 heavy (non-hydrogen) atoms. The molecule has 0 aliphatic heterocycles. The number of nitrogens with one attached hydrogen (secondary N) is 1. The summed E-state index contributed by atoms with van der Waals surface area (Å²) in [5, 5.41) is 3.50. The number of ether oxygens (including phenoxy) is 1. The number of benzene rings is 1. The smallest absolute Gasteiger partial charge is 0.330 e. The van der Waals surface area contributed by atoms with Gasteiger partial charge in [0, 0.05) is 23.8 Å². The molecule has 0 bridgehead atoms. The standard InChI is InChI=1S/C18H23N3O2/c1-3-23-18(22)11-5-13-4-8-16(20-2)12-17(13)21-15-9-6-14(19)7-10-15/h4-5,8,11-12,14-15,21H,3,6-7,9-10,19H2,1H3/b11-5+. The van der Waals surface area contributed by atoms with Crippen molar-refractivity contribution in [2.24, 2.45) is 5.73 Å². The Morgan fingerprint density at radius 2 is 2.17 bits per heavy atom. The number of rotatable bonds is 5. The van der Waals surface area contributed by atoms with Crippen LogP contribution < -0.4 is 11.1 Å². The summed E-state index contributed by atoms with van der Waals surface area (Å²) in [4.78, 5) is 15.0. The Balaban J connectivity index is 2.15. The second-order valence-corrected chi connectivity index (χ2v) is 5.72. The Bertz CT molecular complexity index is 611. The monoisotopic (exact) mass is 313 g/mol. The van der Waals surface area contributed by atoms with Gasteiger partial charge in [-0.3, -0.25) is 0 Å². The molecule has 0 unspecified atom stereocenters. The van der Waals surface area contributed by atoms with Gasteiger partial charge < -0.3 is 15.8 Å². The summed E-state index contributed by atoms with van der Waals surface area (Å²) in [5.74, 6) is -0.364. The molecule has 122 valence electrons. The van der Waals surface area contributed by atoms with Crippen LogP contribution in [0, 0.1) is 6.57 Å². The normalized spacial score (nSPS) is 20.9. The van der Waals surface area contributed by atoms with E-state index < -0.39 is 0 Å². The highest BCUT2D eigenvalue weighted by Gasteiger charge is 2.19. The van der Waals surface area contributed by atoms with Gasteiger partial charge in [0.25, 0.3) is 0 Å². The van der Waals surface area contributed by atoms with E-state index in [1.807, 2.05) is 12.1 Å². The number of carbonyl (C=O) groups is 1. The Labute approximate surface area is 137 Å². The topological polar surface area (TPSA) is 68.7 Å². The molecule has 5 nitrogen and oxygen atoms in total. The number of esters is 1. The zero-order valence-electron chi connectivity index (χ0n) is 13.4.